The second-order valence-corrected chi connectivity index (χ2v) is 17.6. The number of hydrogen-bond donors (Lipinski definition) is 0. The number of rotatable bonds is 3. The first-order valence-electron chi connectivity index (χ1n) is 20.4. The first-order valence-corrected chi connectivity index (χ1v) is 20.4. The molecule has 3 heterocycles. The number of fused-ring (bicyclic) bond motifs is 12. The van der Waals surface area contributed by atoms with Crippen molar-refractivity contribution in [1.82, 2.24) is 13.7 Å². The van der Waals surface area contributed by atoms with E-state index in [0.717, 1.165) is 11.4 Å². The average Bonchev–Trinajstić information content (AvgIpc) is 3.87. The largest absolute Gasteiger partial charge is 0.309 e. The maximum Gasteiger partial charge on any atom is 0.0549 e. The van der Waals surface area contributed by atoms with Crippen molar-refractivity contribution < 1.29 is 0 Å². The SMILES string of the molecule is CC1(C)CCC(C)(C)c2cc3c(cc21)c1cc2c(cc1n3-c1ccccc1)c1c3ccccc3ccc1n2-c1ccc(-n2c3ccccc3c3ccccc32)cc1. The van der Waals surface area contributed by atoms with Crippen molar-refractivity contribution >= 4 is 76.2 Å². The van der Waals surface area contributed by atoms with E-state index in [2.05, 4.69) is 205 Å². The molecule has 3 aromatic heterocycles. The first-order chi connectivity index (χ1) is 27.8. The maximum absolute atomic E-state index is 2.56. The molecule has 3 nitrogen and oxygen atoms in total. The van der Waals surface area contributed by atoms with Crippen LogP contribution >= 0.6 is 0 Å². The summed E-state index contributed by atoms with van der Waals surface area (Å²) in [6, 6.07) is 61.2. The molecule has 0 unspecified atom stereocenters. The Labute approximate surface area is 332 Å². The molecule has 0 atom stereocenters. The summed E-state index contributed by atoms with van der Waals surface area (Å²) in [4.78, 5) is 0. The molecule has 0 saturated carbocycles. The standard InChI is InChI=1S/C54H43N3/c1-53(2)28-29-54(3,4)45-33-51-41(30-44(45)53)42-31-50-43(32-49(42)57(51)35-15-6-5-7-16-35)52-38-17-9-8-14-34(38)22-27-48(52)56(50)37-25-23-36(24-26-37)55-46-20-12-10-18-39(46)40-19-11-13-21-47(40)55/h5-27,30-33H,28-29H2,1-4H3. The minimum Gasteiger partial charge on any atom is -0.309 e. The van der Waals surface area contributed by atoms with Crippen molar-refractivity contribution in [2.75, 3.05) is 0 Å². The molecule has 0 N–H and O–H groups in total. The topological polar surface area (TPSA) is 14.8 Å². The molecule has 0 fully saturated rings. The lowest BCUT2D eigenvalue weighted by molar-refractivity contribution is 0.332. The molecule has 274 valence electrons. The lowest BCUT2D eigenvalue weighted by atomic mass is 9.63. The second-order valence-electron chi connectivity index (χ2n) is 17.6. The molecule has 11 aromatic rings. The summed E-state index contributed by atoms with van der Waals surface area (Å²) in [5.41, 5.74) is 14.1. The summed E-state index contributed by atoms with van der Waals surface area (Å²) in [6.45, 7) is 9.74. The smallest absolute Gasteiger partial charge is 0.0549 e. The van der Waals surface area contributed by atoms with Crippen LogP contribution in [0.4, 0.5) is 0 Å². The van der Waals surface area contributed by atoms with Crippen LogP contribution < -0.4 is 0 Å². The van der Waals surface area contributed by atoms with E-state index in [1.807, 2.05) is 0 Å². The molecular weight excluding hydrogens is 691 g/mol. The molecule has 0 bridgehead atoms. The number of benzene rings is 8. The van der Waals surface area contributed by atoms with Gasteiger partial charge in [-0.15, -0.1) is 0 Å². The third kappa shape index (κ3) is 4.54. The van der Waals surface area contributed by atoms with Crippen LogP contribution in [-0.4, -0.2) is 13.7 Å². The zero-order chi connectivity index (χ0) is 38.2. The number of nitrogens with zero attached hydrogens (tertiary/aromatic N) is 3. The summed E-state index contributed by atoms with van der Waals surface area (Å²) in [6.07, 6.45) is 2.37. The van der Waals surface area contributed by atoms with Crippen LogP contribution in [0, 0.1) is 0 Å². The Bertz CT molecular complexity index is 3390. The van der Waals surface area contributed by atoms with Crippen molar-refractivity contribution in [3.05, 3.63) is 175 Å². The highest BCUT2D eigenvalue weighted by atomic mass is 15.0. The van der Waals surface area contributed by atoms with E-state index in [1.165, 1.54) is 106 Å². The van der Waals surface area contributed by atoms with Gasteiger partial charge in [0, 0.05) is 49.4 Å². The fourth-order valence-corrected chi connectivity index (χ4v) is 10.4. The molecule has 0 aliphatic heterocycles. The fraction of sp³-hybridized carbons (Fsp3) is 0.148. The molecule has 0 radical (unpaired) electrons. The van der Waals surface area contributed by atoms with Crippen LogP contribution in [0.15, 0.2) is 164 Å². The minimum absolute atomic E-state index is 0.107. The van der Waals surface area contributed by atoms with Gasteiger partial charge in [-0.2, -0.15) is 0 Å². The van der Waals surface area contributed by atoms with Gasteiger partial charge in [-0.3, -0.25) is 0 Å². The van der Waals surface area contributed by atoms with Crippen molar-refractivity contribution in [1.29, 1.82) is 0 Å². The van der Waals surface area contributed by atoms with Crippen LogP contribution in [0.1, 0.15) is 51.7 Å². The van der Waals surface area contributed by atoms with Crippen LogP contribution in [0.3, 0.4) is 0 Å². The van der Waals surface area contributed by atoms with Crippen LogP contribution in [0.25, 0.3) is 93.3 Å². The number of hydrogen-bond acceptors (Lipinski definition) is 0. The van der Waals surface area contributed by atoms with Gasteiger partial charge >= 0.3 is 0 Å². The lowest BCUT2D eigenvalue weighted by Crippen LogP contribution is -2.33. The highest BCUT2D eigenvalue weighted by Gasteiger charge is 2.38. The Morgan fingerprint density at radius 2 is 0.789 bits per heavy atom. The molecule has 1 aliphatic rings. The number of aromatic nitrogens is 3. The number of para-hydroxylation sites is 3. The predicted octanol–water partition coefficient (Wildman–Crippen LogP) is 14.5. The minimum atomic E-state index is 0.107. The summed E-state index contributed by atoms with van der Waals surface area (Å²) < 4.78 is 7.43. The van der Waals surface area contributed by atoms with E-state index in [1.54, 1.807) is 0 Å². The summed E-state index contributed by atoms with van der Waals surface area (Å²) in [5, 5.41) is 10.3. The first kappa shape index (κ1) is 32.6. The quantitative estimate of drug-likeness (QED) is 0.172. The van der Waals surface area contributed by atoms with Gasteiger partial charge in [0.05, 0.1) is 33.1 Å². The zero-order valence-electron chi connectivity index (χ0n) is 32.8. The molecule has 0 spiro atoms. The molecule has 0 saturated heterocycles. The molecule has 3 heteroatoms. The Hall–Kier alpha value is -6.58. The zero-order valence-corrected chi connectivity index (χ0v) is 32.8. The van der Waals surface area contributed by atoms with Crippen molar-refractivity contribution in [2.45, 2.75) is 51.4 Å². The Morgan fingerprint density at radius 1 is 0.333 bits per heavy atom. The molecule has 57 heavy (non-hydrogen) atoms. The molecule has 8 aromatic carbocycles. The van der Waals surface area contributed by atoms with Gasteiger partial charge < -0.3 is 13.7 Å². The average molecular weight is 734 g/mol. The van der Waals surface area contributed by atoms with Gasteiger partial charge in [0.1, 0.15) is 0 Å². The van der Waals surface area contributed by atoms with E-state index in [4.69, 9.17) is 0 Å². The normalized spacial score (nSPS) is 15.2. The van der Waals surface area contributed by atoms with E-state index in [-0.39, 0.29) is 10.8 Å². The molecule has 1 aliphatic carbocycles. The summed E-state index contributed by atoms with van der Waals surface area (Å²) in [5.74, 6) is 0. The highest BCUT2D eigenvalue weighted by Crippen LogP contribution is 2.49. The van der Waals surface area contributed by atoms with Crippen molar-refractivity contribution in [2.24, 2.45) is 0 Å². The summed E-state index contributed by atoms with van der Waals surface area (Å²) >= 11 is 0. The third-order valence-electron chi connectivity index (χ3n) is 13.5. The summed E-state index contributed by atoms with van der Waals surface area (Å²) in [7, 11) is 0. The lowest BCUT2D eigenvalue weighted by Gasteiger charge is -2.42. The van der Waals surface area contributed by atoms with Gasteiger partial charge in [0.15, 0.2) is 0 Å². The molecular formula is C54H43N3. The third-order valence-corrected chi connectivity index (χ3v) is 13.5. The fourth-order valence-electron chi connectivity index (χ4n) is 10.4. The second kappa shape index (κ2) is 11.5. The maximum atomic E-state index is 2.56. The van der Waals surface area contributed by atoms with Crippen LogP contribution in [-0.2, 0) is 10.8 Å². The molecule has 12 rings (SSSR count). The van der Waals surface area contributed by atoms with Gasteiger partial charge in [-0.1, -0.05) is 113 Å². The van der Waals surface area contributed by atoms with Gasteiger partial charge in [0.25, 0.3) is 0 Å². The monoisotopic (exact) mass is 733 g/mol. The van der Waals surface area contributed by atoms with Crippen LogP contribution in [0.2, 0.25) is 0 Å². The Morgan fingerprint density at radius 3 is 1.46 bits per heavy atom. The van der Waals surface area contributed by atoms with E-state index in [9.17, 15) is 0 Å². The van der Waals surface area contributed by atoms with E-state index >= 15 is 0 Å². The van der Waals surface area contributed by atoms with Crippen LogP contribution in [0.5, 0.6) is 0 Å². The van der Waals surface area contributed by atoms with Gasteiger partial charge in [-0.05, 0) is 124 Å². The highest BCUT2D eigenvalue weighted by molar-refractivity contribution is 6.25. The van der Waals surface area contributed by atoms with Crippen molar-refractivity contribution in [3.8, 4) is 17.1 Å². The molecule has 0 amide bonds. The van der Waals surface area contributed by atoms with Gasteiger partial charge in [-0.25, -0.2) is 0 Å². The van der Waals surface area contributed by atoms with E-state index < -0.39 is 0 Å². The predicted molar refractivity (Wildman–Crippen MR) is 242 cm³/mol. The van der Waals surface area contributed by atoms with Gasteiger partial charge in [0.2, 0.25) is 0 Å². The Kier molecular flexibility index (Phi) is 6.58. The van der Waals surface area contributed by atoms with Crippen molar-refractivity contribution in [3.63, 3.8) is 0 Å². The van der Waals surface area contributed by atoms with E-state index in [0.29, 0.717) is 0 Å². The Balaban J connectivity index is 1.18.